The third-order valence-electron chi connectivity index (χ3n) is 5.26. The average molecular weight is 377 g/mol. The van der Waals surface area contributed by atoms with Gasteiger partial charge in [0.1, 0.15) is 11.8 Å². The van der Waals surface area contributed by atoms with Crippen molar-refractivity contribution in [1.82, 2.24) is 15.0 Å². The second-order valence-electron chi connectivity index (χ2n) is 6.85. The Morgan fingerprint density at radius 1 is 1.38 bits per heavy atom. The predicted molar refractivity (Wildman–Crippen MR) is 84.9 cm³/mol. The highest BCUT2D eigenvalue weighted by Crippen LogP contribution is 2.36. The number of rotatable bonds is 3. The second kappa shape index (κ2) is 7.34. The Balaban J connectivity index is 1.76. The van der Waals surface area contributed by atoms with Crippen molar-refractivity contribution < 1.29 is 27.2 Å². The molecule has 1 aromatic heterocycles. The van der Waals surface area contributed by atoms with E-state index in [1.807, 2.05) is 0 Å². The van der Waals surface area contributed by atoms with Crippen molar-refractivity contribution in [2.45, 2.75) is 49.9 Å². The number of methoxy groups -OCH3 is 1. The molecule has 0 bridgehead atoms. The number of ether oxygens (including phenoxy) is 1. The first kappa shape index (κ1) is 18.8. The number of alkyl halides is 3. The van der Waals surface area contributed by atoms with Crippen molar-refractivity contribution in [1.29, 1.82) is 0 Å². The van der Waals surface area contributed by atoms with Gasteiger partial charge in [-0.05, 0) is 32.2 Å². The van der Waals surface area contributed by atoms with Crippen molar-refractivity contribution in [2.75, 3.05) is 26.7 Å². The lowest BCUT2D eigenvalue weighted by Gasteiger charge is -2.40. The fourth-order valence-electron chi connectivity index (χ4n) is 4.02. The van der Waals surface area contributed by atoms with Crippen LogP contribution in [0.1, 0.15) is 37.4 Å². The number of likely N-dealkylation sites (tertiary alicyclic amines) is 2. The molecule has 0 aliphatic carbocycles. The first-order valence-electron chi connectivity index (χ1n) is 8.63. The predicted octanol–water partition coefficient (Wildman–Crippen LogP) is 2.31. The third kappa shape index (κ3) is 3.89. The number of carbonyl (C=O) groups excluding carboxylic acids is 1. The Kier molecular flexibility index (Phi) is 5.31. The molecule has 2 aliphatic rings. The monoisotopic (exact) mass is 377 g/mol. The Morgan fingerprint density at radius 2 is 2.15 bits per heavy atom. The van der Waals surface area contributed by atoms with Gasteiger partial charge >= 0.3 is 12.3 Å². The van der Waals surface area contributed by atoms with Crippen LogP contribution in [0.3, 0.4) is 0 Å². The maximum atomic E-state index is 13.2. The number of aromatic nitrogens is 1. The van der Waals surface area contributed by atoms with E-state index in [0.717, 1.165) is 0 Å². The van der Waals surface area contributed by atoms with E-state index in [9.17, 15) is 22.8 Å². The maximum absolute atomic E-state index is 13.2. The lowest BCUT2D eigenvalue weighted by molar-refractivity contribution is -0.177. The summed E-state index contributed by atoms with van der Waals surface area (Å²) >= 11 is 0. The Morgan fingerprint density at radius 3 is 2.77 bits per heavy atom. The summed E-state index contributed by atoms with van der Waals surface area (Å²) in [6.07, 6.45) is -3.32. The number of nitrogens with zero attached hydrogens (tertiary/aromatic N) is 2. The van der Waals surface area contributed by atoms with Gasteiger partial charge in [0.15, 0.2) is 0 Å². The molecule has 2 saturated heterocycles. The molecule has 2 aliphatic heterocycles. The van der Waals surface area contributed by atoms with E-state index in [4.69, 9.17) is 9.26 Å². The number of hydrogen-bond donors (Lipinski definition) is 1. The molecule has 146 valence electrons. The van der Waals surface area contributed by atoms with Crippen molar-refractivity contribution in [3.8, 4) is 0 Å². The van der Waals surface area contributed by atoms with Crippen LogP contribution in [-0.4, -0.2) is 66.1 Å². The van der Waals surface area contributed by atoms with Crippen LogP contribution in [0.25, 0.3) is 0 Å². The molecule has 3 heterocycles. The lowest BCUT2D eigenvalue weighted by atomic mass is 9.88. The highest BCUT2D eigenvalue weighted by molar-refractivity contribution is 5.68. The molecule has 10 heteroatoms. The molecule has 3 atom stereocenters. The summed E-state index contributed by atoms with van der Waals surface area (Å²) in [7, 11) is 1.26. The van der Waals surface area contributed by atoms with E-state index in [2.05, 4.69) is 5.16 Å². The van der Waals surface area contributed by atoms with Crippen LogP contribution in [0, 0.1) is 0 Å². The van der Waals surface area contributed by atoms with E-state index in [1.54, 1.807) is 0 Å². The summed E-state index contributed by atoms with van der Waals surface area (Å²) in [5.74, 6) is 0.338. The van der Waals surface area contributed by atoms with E-state index in [-0.39, 0.29) is 24.4 Å². The van der Waals surface area contributed by atoms with Crippen LogP contribution in [0.4, 0.5) is 18.0 Å². The number of amides is 1. The fraction of sp³-hybridized carbons (Fsp3) is 0.750. The van der Waals surface area contributed by atoms with Crippen LogP contribution in [-0.2, 0) is 4.74 Å². The van der Waals surface area contributed by atoms with Gasteiger partial charge in [-0.15, -0.1) is 0 Å². The van der Waals surface area contributed by atoms with E-state index in [1.165, 1.54) is 23.0 Å². The largest absolute Gasteiger partial charge is 0.453 e. The van der Waals surface area contributed by atoms with Crippen molar-refractivity contribution in [3.63, 3.8) is 0 Å². The Bertz CT molecular complexity index is 687. The van der Waals surface area contributed by atoms with Gasteiger partial charge in [-0.2, -0.15) is 18.3 Å². The summed E-state index contributed by atoms with van der Waals surface area (Å²) in [6.45, 7) is 0.797. The van der Waals surface area contributed by atoms with Gasteiger partial charge < -0.3 is 14.2 Å². The van der Waals surface area contributed by atoms with Gasteiger partial charge in [0.05, 0.1) is 7.11 Å². The third-order valence-corrected chi connectivity index (χ3v) is 5.26. The first-order valence-corrected chi connectivity index (χ1v) is 8.63. The zero-order chi connectivity index (χ0) is 18.9. The molecule has 1 N–H and O–H groups in total. The maximum Gasteiger partial charge on any atom is 0.409 e. The van der Waals surface area contributed by atoms with Gasteiger partial charge in [0.25, 0.3) is 5.56 Å². The number of carbonyl (C=O) groups is 1. The van der Waals surface area contributed by atoms with Crippen molar-refractivity contribution >= 4 is 6.09 Å². The van der Waals surface area contributed by atoms with Crippen LogP contribution in [0.15, 0.2) is 15.4 Å². The zero-order valence-electron chi connectivity index (χ0n) is 14.4. The minimum atomic E-state index is -4.28. The minimum Gasteiger partial charge on any atom is -0.453 e. The molecular formula is C16H22F3N3O4. The second-order valence-corrected chi connectivity index (χ2v) is 6.85. The topological polar surface area (TPSA) is 78.8 Å². The number of hydrogen-bond acceptors (Lipinski definition) is 5. The number of H-pyrrole nitrogens is 1. The summed E-state index contributed by atoms with van der Waals surface area (Å²) in [6, 6.07) is -0.568. The van der Waals surface area contributed by atoms with Gasteiger partial charge in [0.2, 0.25) is 0 Å². The molecule has 26 heavy (non-hydrogen) atoms. The number of halogens is 3. The van der Waals surface area contributed by atoms with Crippen molar-refractivity contribution in [2.24, 2.45) is 0 Å². The molecule has 7 nitrogen and oxygen atoms in total. The van der Waals surface area contributed by atoms with E-state index < -0.39 is 24.4 Å². The van der Waals surface area contributed by atoms with Gasteiger partial charge in [0, 0.05) is 31.1 Å². The SMILES string of the molecule is COC(=O)N1CC[C@@H](c2cc(=O)[nH]o2)C[C@H]1CN1CCC[C@H]1C(F)(F)F. The van der Waals surface area contributed by atoms with E-state index in [0.29, 0.717) is 38.1 Å². The standard InChI is InChI=1S/C16H22F3N3O4/c1-25-15(24)22-6-4-10(12-8-14(23)20-26-12)7-11(22)9-21-5-2-3-13(21)16(17,18)19/h8,10-11,13H,2-7,9H2,1H3,(H,20,23)/t10-,11+,13+/m1/s1. The fourth-order valence-corrected chi connectivity index (χ4v) is 4.02. The molecule has 0 radical (unpaired) electrons. The van der Waals surface area contributed by atoms with Crippen LogP contribution in [0.2, 0.25) is 0 Å². The highest BCUT2D eigenvalue weighted by Gasteiger charge is 2.47. The zero-order valence-corrected chi connectivity index (χ0v) is 14.4. The molecule has 0 aromatic carbocycles. The summed E-state index contributed by atoms with van der Waals surface area (Å²) in [5, 5.41) is 2.23. The highest BCUT2D eigenvalue weighted by atomic mass is 19.4. The first-order chi connectivity index (χ1) is 12.3. The smallest absolute Gasteiger partial charge is 0.409 e. The molecule has 3 rings (SSSR count). The van der Waals surface area contributed by atoms with Gasteiger partial charge in [-0.25, -0.2) is 4.79 Å². The molecular weight excluding hydrogens is 355 g/mol. The van der Waals surface area contributed by atoms with Gasteiger partial charge in [-0.3, -0.25) is 9.69 Å². The normalized spacial score (nSPS) is 27.7. The number of piperidine rings is 1. The average Bonchev–Trinajstić information content (AvgIpc) is 3.22. The molecule has 0 spiro atoms. The van der Waals surface area contributed by atoms with E-state index >= 15 is 0 Å². The quantitative estimate of drug-likeness (QED) is 0.875. The summed E-state index contributed by atoms with van der Waals surface area (Å²) in [5.41, 5.74) is -0.358. The molecule has 0 saturated carbocycles. The van der Waals surface area contributed by atoms with Gasteiger partial charge in [-0.1, -0.05) is 0 Å². The number of nitrogens with one attached hydrogen (secondary N) is 1. The Hall–Kier alpha value is -1.97. The molecule has 0 unspecified atom stereocenters. The lowest BCUT2D eigenvalue weighted by Crippen LogP contribution is -2.53. The van der Waals surface area contributed by atoms with Crippen LogP contribution < -0.4 is 5.56 Å². The molecule has 2 fully saturated rings. The van der Waals surface area contributed by atoms with Crippen LogP contribution in [0.5, 0.6) is 0 Å². The van der Waals surface area contributed by atoms with Crippen molar-refractivity contribution in [3.05, 3.63) is 22.2 Å². The molecule has 1 amide bonds. The molecule has 1 aromatic rings. The summed E-state index contributed by atoms with van der Waals surface area (Å²) in [4.78, 5) is 26.2. The summed E-state index contributed by atoms with van der Waals surface area (Å²) < 4.78 is 49.6. The minimum absolute atomic E-state index is 0.0740. The van der Waals surface area contributed by atoms with Crippen LogP contribution >= 0.6 is 0 Å². The number of aromatic amines is 1. The Labute approximate surface area is 148 Å².